The lowest BCUT2D eigenvalue weighted by atomic mass is 10.0. The lowest BCUT2D eigenvalue weighted by Gasteiger charge is -2.18. The number of nitrogens with zero attached hydrogens (tertiary/aromatic N) is 4. The van der Waals surface area contributed by atoms with Gasteiger partial charge >= 0.3 is 0 Å². The van der Waals surface area contributed by atoms with Crippen LogP contribution in [0.2, 0.25) is 5.02 Å². The monoisotopic (exact) mass is 341 g/mol. The summed E-state index contributed by atoms with van der Waals surface area (Å²) >= 11 is 6.04. The van der Waals surface area contributed by atoms with Crippen molar-refractivity contribution < 1.29 is 4.79 Å². The van der Waals surface area contributed by atoms with Crippen LogP contribution in [0.25, 0.3) is 5.82 Å². The maximum atomic E-state index is 12.6. The molecule has 0 saturated heterocycles. The number of rotatable bonds is 5. The summed E-state index contributed by atoms with van der Waals surface area (Å²) in [4.78, 5) is 20.7. The number of amides is 1. The number of halogens is 1. The van der Waals surface area contributed by atoms with E-state index in [0.717, 1.165) is 12.0 Å². The Balaban J connectivity index is 1.80. The predicted molar refractivity (Wildman–Crippen MR) is 91.1 cm³/mol. The number of benzene rings is 1. The lowest BCUT2D eigenvalue weighted by Crippen LogP contribution is -2.28. The van der Waals surface area contributed by atoms with Crippen LogP contribution in [0.3, 0.4) is 0 Å². The molecule has 7 heteroatoms. The van der Waals surface area contributed by atoms with Crippen LogP contribution in [0.15, 0.2) is 55.2 Å². The standard InChI is InChI=1S/C17H16ClN5O/c1-2-15(12-4-3-5-14(18)8-12)22-17(24)13-6-7-20-16(9-13)23-11-19-10-21-23/h3-11,15H,2H2,1H3,(H,22,24). The van der Waals surface area contributed by atoms with E-state index in [2.05, 4.69) is 20.4 Å². The first kappa shape index (κ1) is 16.1. The molecule has 1 aromatic carbocycles. The molecule has 2 heterocycles. The Labute approximate surface area is 144 Å². The summed E-state index contributed by atoms with van der Waals surface area (Å²) in [5.74, 6) is 0.363. The summed E-state index contributed by atoms with van der Waals surface area (Å²) in [6, 6.07) is 10.7. The Kier molecular flexibility index (Phi) is 4.86. The van der Waals surface area contributed by atoms with Crippen molar-refractivity contribution in [3.05, 3.63) is 71.4 Å². The number of nitrogens with one attached hydrogen (secondary N) is 1. The molecule has 2 aromatic heterocycles. The van der Waals surface area contributed by atoms with Crippen molar-refractivity contribution in [2.45, 2.75) is 19.4 Å². The van der Waals surface area contributed by atoms with Gasteiger partial charge in [0.15, 0.2) is 5.82 Å². The molecule has 6 nitrogen and oxygen atoms in total. The van der Waals surface area contributed by atoms with Gasteiger partial charge in [-0.3, -0.25) is 4.79 Å². The molecule has 0 aliphatic carbocycles. The third kappa shape index (κ3) is 3.60. The van der Waals surface area contributed by atoms with E-state index >= 15 is 0 Å². The Morgan fingerprint density at radius 3 is 2.92 bits per heavy atom. The van der Waals surface area contributed by atoms with Crippen LogP contribution in [-0.4, -0.2) is 25.7 Å². The molecule has 0 spiro atoms. The van der Waals surface area contributed by atoms with Gasteiger partial charge in [0.25, 0.3) is 5.91 Å². The Bertz CT molecular complexity index is 835. The molecule has 0 aliphatic rings. The normalized spacial score (nSPS) is 11.9. The molecular formula is C17H16ClN5O. The summed E-state index contributed by atoms with van der Waals surface area (Å²) in [7, 11) is 0. The maximum absolute atomic E-state index is 12.6. The number of aromatic nitrogens is 4. The van der Waals surface area contributed by atoms with Crippen LogP contribution in [-0.2, 0) is 0 Å². The summed E-state index contributed by atoms with van der Waals surface area (Å²) in [6.07, 6.45) is 5.28. The van der Waals surface area contributed by atoms with Crippen LogP contribution in [0.1, 0.15) is 35.3 Å². The fraction of sp³-hybridized carbons (Fsp3) is 0.176. The topological polar surface area (TPSA) is 72.7 Å². The molecular weight excluding hydrogens is 326 g/mol. The molecule has 0 saturated carbocycles. The SMILES string of the molecule is CCC(NC(=O)c1ccnc(-n2cncn2)c1)c1cccc(Cl)c1. The molecule has 24 heavy (non-hydrogen) atoms. The molecule has 0 bridgehead atoms. The Hall–Kier alpha value is -2.73. The molecule has 0 aliphatic heterocycles. The van der Waals surface area contributed by atoms with E-state index in [0.29, 0.717) is 16.4 Å². The van der Waals surface area contributed by atoms with Gasteiger partial charge < -0.3 is 5.32 Å². The highest BCUT2D eigenvalue weighted by Crippen LogP contribution is 2.21. The third-order valence-electron chi connectivity index (χ3n) is 3.63. The highest BCUT2D eigenvalue weighted by Gasteiger charge is 2.15. The molecule has 122 valence electrons. The number of pyridine rings is 1. The van der Waals surface area contributed by atoms with Crippen LogP contribution in [0.4, 0.5) is 0 Å². The van der Waals surface area contributed by atoms with Crippen LogP contribution in [0.5, 0.6) is 0 Å². The van der Waals surface area contributed by atoms with E-state index in [1.54, 1.807) is 18.3 Å². The van der Waals surface area contributed by atoms with Gasteiger partial charge in [0.05, 0.1) is 6.04 Å². The highest BCUT2D eigenvalue weighted by atomic mass is 35.5. The largest absolute Gasteiger partial charge is 0.345 e. The van der Waals surface area contributed by atoms with Gasteiger partial charge in [-0.05, 0) is 36.2 Å². The van der Waals surface area contributed by atoms with Gasteiger partial charge in [-0.25, -0.2) is 14.6 Å². The van der Waals surface area contributed by atoms with E-state index < -0.39 is 0 Å². The second-order valence-electron chi connectivity index (χ2n) is 5.23. The summed E-state index contributed by atoms with van der Waals surface area (Å²) < 4.78 is 1.51. The van der Waals surface area contributed by atoms with E-state index in [1.807, 2.05) is 31.2 Å². The van der Waals surface area contributed by atoms with Gasteiger partial charge in [0.1, 0.15) is 12.7 Å². The average Bonchev–Trinajstić information content (AvgIpc) is 3.14. The highest BCUT2D eigenvalue weighted by molar-refractivity contribution is 6.30. The van der Waals surface area contributed by atoms with E-state index in [1.165, 1.54) is 17.3 Å². The van der Waals surface area contributed by atoms with Crippen molar-refractivity contribution >= 4 is 17.5 Å². The quantitative estimate of drug-likeness (QED) is 0.773. The number of hydrogen-bond acceptors (Lipinski definition) is 4. The predicted octanol–water partition coefficient (Wildman–Crippen LogP) is 3.20. The Morgan fingerprint density at radius 2 is 2.21 bits per heavy atom. The van der Waals surface area contributed by atoms with Gasteiger partial charge in [0, 0.05) is 16.8 Å². The summed E-state index contributed by atoms with van der Waals surface area (Å²) in [5.41, 5.74) is 1.49. The smallest absolute Gasteiger partial charge is 0.251 e. The minimum atomic E-state index is -0.175. The molecule has 1 amide bonds. The van der Waals surface area contributed by atoms with Crippen molar-refractivity contribution in [3.63, 3.8) is 0 Å². The zero-order valence-electron chi connectivity index (χ0n) is 13.1. The molecule has 1 N–H and O–H groups in total. The van der Waals surface area contributed by atoms with Crippen LogP contribution < -0.4 is 5.32 Å². The van der Waals surface area contributed by atoms with Crippen molar-refractivity contribution in [2.24, 2.45) is 0 Å². The summed E-state index contributed by atoms with van der Waals surface area (Å²) in [5, 5.41) is 7.70. The third-order valence-corrected chi connectivity index (χ3v) is 3.86. The average molecular weight is 342 g/mol. The minimum absolute atomic E-state index is 0.112. The van der Waals surface area contributed by atoms with Crippen LogP contribution >= 0.6 is 11.6 Å². The molecule has 3 aromatic rings. The van der Waals surface area contributed by atoms with E-state index in [-0.39, 0.29) is 11.9 Å². The van der Waals surface area contributed by atoms with Gasteiger partial charge in [0.2, 0.25) is 0 Å². The first-order valence-corrected chi connectivity index (χ1v) is 7.92. The first-order valence-electron chi connectivity index (χ1n) is 7.54. The molecule has 1 atom stereocenters. The molecule has 0 fully saturated rings. The Morgan fingerprint density at radius 1 is 1.33 bits per heavy atom. The van der Waals surface area contributed by atoms with E-state index in [4.69, 9.17) is 11.6 Å². The maximum Gasteiger partial charge on any atom is 0.251 e. The molecule has 3 rings (SSSR count). The zero-order valence-corrected chi connectivity index (χ0v) is 13.8. The van der Waals surface area contributed by atoms with Crippen LogP contribution in [0, 0.1) is 0 Å². The fourth-order valence-electron chi connectivity index (χ4n) is 2.40. The lowest BCUT2D eigenvalue weighted by molar-refractivity contribution is 0.0935. The van der Waals surface area contributed by atoms with E-state index in [9.17, 15) is 4.79 Å². The van der Waals surface area contributed by atoms with Crippen molar-refractivity contribution in [3.8, 4) is 5.82 Å². The molecule has 1 unspecified atom stereocenters. The number of hydrogen-bond donors (Lipinski definition) is 1. The van der Waals surface area contributed by atoms with Crippen molar-refractivity contribution in [1.29, 1.82) is 0 Å². The number of carbonyl (C=O) groups is 1. The minimum Gasteiger partial charge on any atom is -0.345 e. The second kappa shape index (κ2) is 7.23. The fourth-order valence-corrected chi connectivity index (χ4v) is 2.60. The van der Waals surface area contributed by atoms with Gasteiger partial charge in [-0.15, -0.1) is 0 Å². The second-order valence-corrected chi connectivity index (χ2v) is 5.67. The number of carbonyl (C=O) groups excluding carboxylic acids is 1. The summed E-state index contributed by atoms with van der Waals surface area (Å²) in [6.45, 7) is 2.01. The zero-order chi connectivity index (χ0) is 16.9. The van der Waals surface area contributed by atoms with Crippen molar-refractivity contribution in [2.75, 3.05) is 0 Å². The first-order chi connectivity index (χ1) is 11.7. The van der Waals surface area contributed by atoms with Gasteiger partial charge in [-0.2, -0.15) is 5.10 Å². The van der Waals surface area contributed by atoms with Crippen molar-refractivity contribution in [1.82, 2.24) is 25.1 Å². The molecule has 0 radical (unpaired) electrons. The van der Waals surface area contributed by atoms with Gasteiger partial charge in [-0.1, -0.05) is 30.7 Å².